The molecule has 4 heteroatoms. The number of rotatable bonds is 3. The van der Waals surface area contributed by atoms with Gasteiger partial charge in [-0.05, 0) is 44.0 Å². The Bertz CT molecular complexity index is 751. The van der Waals surface area contributed by atoms with Crippen LogP contribution in [-0.2, 0) is 0 Å². The molecule has 3 nitrogen and oxygen atoms in total. The van der Waals surface area contributed by atoms with Crippen LogP contribution in [0.1, 0.15) is 30.6 Å². The first-order chi connectivity index (χ1) is 11.4. The van der Waals surface area contributed by atoms with Crippen LogP contribution in [0.4, 0.5) is 4.39 Å². The molecule has 0 radical (unpaired) electrons. The molecule has 2 aromatic carbocycles. The fourth-order valence-electron chi connectivity index (χ4n) is 3.22. The van der Waals surface area contributed by atoms with Gasteiger partial charge in [-0.3, -0.25) is 4.79 Å². The highest BCUT2D eigenvalue weighted by atomic mass is 19.1. The monoisotopic (exact) mass is 327 g/mol. The molecule has 1 atom stereocenters. The Balaban J connectivity index is 1.82. The molecule has 0 saturated carbocycles. The van der Waals surface area contributed by atoms with Crippen molar-refractivity contribution < 1.29 is 14.3 Å². The number of hydrogen-bond donors (Lipinski definition) is 1. The number of nitrogens with zero attached hydrogens (tertiary/aromatic N) is 1. The fraction of sp³-hybridized carbons (Fsp3) is 0.350. The molecule has 1 N–H and O–H groups in total. The summed E-state index contributed by atoms with van der Waals surface area (Å²) in [6, 6.07) is 13.6. The lowest BCUT2D eigenvalue weighted by atomic mass is 9.90. The summed E-state index contributed by atoms with van der Waals surface area (Å²) in [6.45, 7) is 4.75. The van der Waals surface area contributed by atoms with Crippen LogP contribution in [0.5, 0.6) is 0 Å². The van der Waals surface area contributed by atoms with Crippen molar-refractivity contribution in [3.8, 4) is 11.1 Å². The van der Waals surface area contributed by atoms with Crippen molar-refractivity contribution >= 4 is 5.91 Å². The van der Waals surface area contributed by atoms with E-state index < -0.39 is 5.60 Å². The van der Waals surface area contributed by atoms with Crippen LogP contribution in [0.15, 0.2) is 48.5 Å². The van der Waals surface area contributed by atoms with Crippen molar-refractivity contribution in [2.24, 2.45) is 5.92 Å². The van der Waals surface area contributed by atoms with Crippen LogP contribution in [0.3, 0.4) is 0 Å². The Morgan fingerprint density at radius 2 is 1.96 bits per heavy atom. The Hall–Kier alpha value is -2.20. The first-order valence-electron chi connectivity index (χ1n) is 8.23. The van der Waals surface area contributed by atoms with Crippen LogP contribution in [-0.4, -0.2) is 34.6 Å². The Morgan fingerprint density at radius 1 is 1.21 bits per heavy atom. The molecule has 3 rings (SSSR count). The lowest BCUT2D eigenvalue weighted by Crippen LogP contribution is -2.35. The molecule has 0 spiro atoms. The number of amides is 1. The van der Waals surface area contributed by atoms with Crippen molar-refractivity contribution in [2.45, 2.75) is 25.9 Å². The average molecular weight is 327 g/mol. The molecule has 1 aliphatic heterocycles. The van der Waals surface area contributed by atoms with E-state index in [4.69, 9.17) is 0 Å². The van der Waals surface area contributed by atoms with Gasteiger partial charge in [0.05, 0.1) is 5.60 Å². The molecular formula is C20H22FNO2. The van der Waals surface area contributed by atoms with Crippen LogP contribution in [0, 0.1) is 11.7 Å². The number of halogens is 1. The predicted octanol–water partition coefficient (Wildman–Crippen LogP) is 3.73. The summed E-state index contributed by atoms with van der Waals surface area (Å²) in [6.07, 6.45) is 0.794. The van der Waals surface area contributed by atoms with Crippen LogP contribution in [0.2, 0.25) is 0 Å². The molecule has 0 aliphatic carbocycles. The minimum absolute atomic E-state index is 0.0695. The second-order valence-electron chi connectivity index (χ2n) is 6.95. The molecule has 0 bridgehead atoms. The zero-order chi connectivity index (χ0) is 17.3. The van der Waals surface area contributed by atoms with E-state index >= 15 is 0 Å². The highest BCUT2D eigenvalue weighted by Gasteiger charge is 2.35. The fourth-order valence-corrected chi connectivity index (χ4v) is 3.22. The summed E-state index contributed by atoms with van der Waals surface area (Å²) < 4.78 is 14.0. The third-order valence-electron chi connectivity index (χ3n) is 4.77. The van der Waals surface area contributed by atoms with Gasteiger partial charge in [-0.25, -0.2) is 4.39 Å². The highest BCUT2D eigenvalue weighted by Crippen LogP contribution is 2.29. The minimum atomic E-state index is -0.788. The van der Waals surface area contributed by atoms with E-state index in [9.17, 15) is 14.3 Å². The highest BCUT2D eigenvalue weighted by molar-refractivity contribution is 5.95. The van der Waals surface area contributed by atoms with Crippen LogP contribution in [0.25, 0.3) is 11.1 Å². The molecule has 24 heavy (non-hydrogen) atoms. The number of hydrogen-bond acceptors (Lipinski definition) is 2. The normalized spacial score (nSPS) is 18.0. The van der Waals surface area contributed by atoms with E-state index in [1.54, 1.807) is 61.2 Å². The van der Waals surface area contributed by atoms with E-state index in [1.807, 2.05) is 0 Å². The molecule has 126 valence electrons. The maximum atomic E-state index is 14.0. The van der Waals surface area contributed by atoms with E-state index in [0.29, 0.717) is 29.8 Å². The Kier molecular flexibility index (Phi) is 4.41. The smallest absolute Gasteiger partial charge is 0.253 e. The maximum Gasteiger partial charge on any atom is 0.253 e. The van der Waals surface area contributed by atoms with Gasteiger partial charge >= 0.3 is 0 Å². The molecule has 1 fully saturated rings. The first-order valence-corrected chi connectivity index (χ1v) is 8.23. The minimum Gasteiger partial charge on any atom is -0.390 e. The van der Waals surface area contributed by atoms with Gasteiger partial charge in [0.1, 0.15) is 5.82 Å². The van der Waals surface area contributed by atoms with E-state index in [-0.39, 0.29) is 17.6 Å². The number of likely N-dealkylation sites (tertiary alicyclic amines) is 1. The summed E-state index contributed by atoms with van der Waals surface area (Å²) in [5.41, 5.74) is 0.941. The first kappa shape index (κ1) is 16.7. The molecule has 0 aromatic heterocycles. The van der Waals surface area contributed by atoms with Gasteiger partial charge in [-0.15, -0.1) is 0 Å². The average Bonchev–Trinajstić information content (AvgIpc) is 3.05. The largest absolute Gasteiger partial charge is 0.390 e. The predicted molar refractivity (Wildman–Crippen MR) is 92.1 cm³/mol. The van der Waals surface area contributed by atoms with Gasteiger partial charge in [0.2, 0.25) is 0 Å². The van der Waals surface area contributed by atoms with Crippen molar-refractivity contribution in [1.82, 2.24) is 4.90 Å². The number of benzene rings is 2. The lowest BCUT2D eigenvalue weighted by Gasteiger charge is -2.25. The molecule has 1 aliphatic rings. The van der Waals surface area contributed by atoms with Crippen molar-refractivity contribution in [2.75, 3.05) is 13.1 Å². The number of carbonyl (C=O) groups excluding carboxylic acids is 1. The van der Waals surface area contributed by atoms with Crippen LogP contribution >= 0.6 is 0 Å². The van der Waals surface area contributed by atoms with Gasteiger partial charge in [-0.2, -0.15) is 0 Å². The molecule has 1 heterocycles. The van der Waals surface area contributed by atoms with Crippen molar-refractivity contribution in [3.63, 3.8) is 0 Å². The molecule has 2 aromatic rings. The quantitative estimate of drug-likeness (QED) is 0.933. The topological polar surface area (TPSA) is 40.5 Å². The third kappa shape index (κ3) is 3.34. The standard InChI is InChI=1S/C20H22FNO2/c1-20(2,24)16-10-11-22(13-16)19(23)15-7-5-6-14(12-15)17-8-3-4-9-18(17)21/h3-9,12,16,24H,10-11,13H2,1-2H3/t16-/m0/s1. The summed E-state index contributed by atoms with van der Waals surface area (Å²) >= 11 is 0. The zero-order valence-electron chi connectivity index (χ0n) is 14.0. The number of carbonyl (C=O) groups is 1. The zero-order valence-corrected chi connectivity index (χ0v) is 14.0. The summed E-state index contributed by atoms with van der Waals surface area (Å²) in [5, 5.41) is 10.1. The van der Waals surface area contributed by atoms with Gasteiger partial charge in [-0.1, -0.05) is 30.3 Å². The van der Waals surface area contributed by atoms with Gasteiger partial charge in [0.15, 0.2) is 0 Å². The second kappa shape index (κ2) is 6.36. The van der Waals surface area contributed by atoms with E-state index in [2.05, 4.69) is 0 Å². The summed E-state index contributed by atoms with van der Waals surface area (Å²) in [4.78, 5) is 14.5. The van der Waals surface area contributed by atoms with Crippen LogP contribution < -0.4 is 0 Å². The Labute approximate surface area is 141 Å². The number of aliphatic hydroxyl groups is 1. The SMILES string of the molecule is CC(C)(O)[C@H]1CCN(C(=O)c2cccc(-c3ccccc3F)c2)C1. The maximum absolute atomic E-state index is 14.0. The van der Waals surface area contributed by atoms with E-state index in [0.717, 1.165) is 6.42 Å². The third-order valence-corrected chi connectivity index (χ3v) is 4.77. The molecule has 0 unspecified atom stereocenters. The van der Waals surface area contributed by atoms with Gasteiger partial charge in [0.25, 0.3) is 5.91 Å². The van der Waals surface area contributed by atoms with Gasteiger partial charge in [0, 0.05) is 30.1 Å². The van der Waals surface area contributed by atoms with Crippen molar-refractivity contribution in [3.05, 3.63) is 59.9 Å². The molecular weight excluding hydrogens is 305 g/mol. The summed E-state index contributed by atoms with van der Waals surface area (Å²) in [7, 11) is 0. The summed E-state index contributed by atoms with van der Waals surface area (Å²) in [5.74, 6) is -0.290. The lowest BCUT2D eigenvalue weighted by molar-refractivity contribution is 0.0211. The van der Waals surface area contributed by atoms with Crippen molar-refractivity contribution in [1.29, 1.82) is 0 Å². The molecule has 1 saturated heterocycles. The Morgan fingerprint density at radius 3 is 2.62 bits per heavy atom. The van der Waals surface area contributed by atoms with E-state index in [1.165, 1.54) is 6.07 Å². The molecule has 1 amide bonds. The van der Waals surface area contributed by atoms with Gasteiger partial charge < -0.3 is 10.0 Å². The second-order valence-corrected chi connectivity index (χ2v) is 6.95.